The first-order valence-electron chi connectivity index (χ1n) is 8.47. The van der Waals surface area contributed by atoms with Crippen LogP contribution in [0.3, 0.4) is 0 Å². The fraction of sp³-hybridized carbons (Fsp3) is 0.562. The Labute approximate surface area is 155 Å². The number of sulfonamides is 1. The highest BCUT2D eigenvalue weighted by Gasteiger charge is 2.59. The molecular formula is C16H20N4O4S2. The van der Waals surface area contributed by atoms with Crippen molar-refractivity contribution in [2.45, 2.75) is 19.3 Å². The van der Waals surface area contributed by atoms with E-state index in [1.54, 1.807) is 24.8 Å². The zero-order valence-corrected chi connectivity index (χ0v) is 16.2. The van der Waals surface area contributed by atoms with E-state index in [1.807, 2.05) is 11.4 Å². The van der Waals surface area contributed by atoms with Crippen molar-refractivity contribution in [3.63, 3.8) is 0 Å². The lowest BCUT2D eigenvalue weighted by atomic mass is 9.81. The van der Waals surface area contributed by atoms with Crippen molar-refractivity contribution in [3.05, 3.63) is 34.1 Å². The van der Waals surface area contributed by atoms with Crippen LogP contribution in [0.25, 0.3) is 0 Å². The number of hydrogen-bond acceptors (Lipinski definition) is 7. The highest BCUT2D eigenvalue weighted by atomic mass is 32.2. The molecule has 8 nitrogen and oxygen atoms in total. The van der Waals surface area contributed by atoms with Gasteiger partial charge in [-0.25, -0.2) is 12.7 Å². The van der Waals surface area contributed by atoms with Crippen molar-refractivity contribution in [2.75, 3.05) is 31.9 Å². The summed E-state index contributed by atoms with van der Waals surface area (Å²) in [5.41, 5.74) is -0.642. The molecule has 2 aromatic rings. The lowest BCUT2D eigenvalue weighted by molar-refractivity contribution is 0.0777. The third-order valence-corrected chi connectivity index (χ3v) is 7.96. The average molecular weight is 396 g/mol. The molecule has 0 bridgehead atoms. The van der Waals surface area contributed by atoms with Gasteiger partial charge in [-0.3, -0.25) is 4.79 Å². The number of amides is 1. The molecule has 2 atom stereocenters. The number of nitrogens with zero attached hydrogens (tertiary/aromatic N) is 4. The molecule has 2 aliphatic rings. The predicted molar refractivity (Wildman–Crippen MR) is 95.5 cm³/mol. The lowest BCUT2D eigenvalue weighted by Crippen LogP contribution is -2.41. The first-order valence-corrected chi connectivity index (χ1v) is 11.0. The van der Waals surface area contributed by atoms with Gasteiger partial charge in [-0.15, -0.1) is 11.3 Å². The summed E-state index contributed by atoms with van der Waals surface area (Å²) in [7, 11) is -3.32. The van der Waals surface area contributed by atoms with Crippen LogP contribution in [0.5, 0.6) is 0 Å². The highest BCUT2D eigenvalue weighted by molar-refractivity contribution is 7.89. The quantitative estimate of drug-likeness (QED) is 0.768. The number of rotatable bonds is 4. The van der Waals surface area contributed by atoms with E-state index in [0.717, 1.165) is 0 Å². The maximum absolute atomic E-state index is 12.8. The van der Waals surface area contributed by atoms with Crippen LogP contribution >= 0.6 is 11.3 Å². The Bertz CT molecular complexity index is 924. The molecule has 0 radical (unpaired) electrons. The molecule has 0 aromatic carbocycles. The van der Waals surface area contributed by atoms with Gasteiger partial charge in [-0.2, -0.15) is 4.98 Å². The molecule has 0 spiro atoms. The van der Waals surface area contributed by atoms with Gasteiger partial charge in [-0.05, 0) is 25.3 Å². The molecule has 4 heterocycles. The number of likely N-dealkylation sites (tertiary alicyclic amines) is 1. The fourth-order valence-electron chi connectivity index (χ4n) is 3.93. The molecule has 0 unspecified atom stereocenters. The summed E-state index contributed by atoms with van der Waals surface area (Å²) in [4.78, 5) is 19.6. The number of fused-ring (bicyclic) bond motifs is 1. The second-order valence-corrected chi connectivity index (χ2v) is 10.1. The summed E-state index contributed by atoms with van der Waals surface area (Å²) in [5, 5.41) is 5.76. The Morgan fingerprint density at radius 2 is 2.23 bits per heavy atom. The van der Waals surface area contributed by atoms with Crippen LogP contribution in [0.2, 0.25) is 0 Å². The topological polar surface area (TPSA) is 96.6 Å². The molecule has 2 fully saturated rings. The molecule has 26 heavy (non-hydrogen) atoms. The van der Waals surface area contributed by atoms with Crippen molar-refractivity contribution in [1.82, 2.24) is 19.3 Å². The van der Waals surface area contributed by atoms with Crippen molar-refractivity contribution in [2.24, 2.45) is 5.92 Å². The largest absolute Gasteiger partial charge is 0.339 e. The van der Waals surface area contributed by atoms with Gasteiger partial charge in [0, 0.05) is 32.1 Å². The molecular weight excluding hydrogens is 376 g/mol. The Morgan fingerprint density at radius 1 is 1.42 bits per heavy atom. The number of carbonyl (C=O) groups is 1. The van der Waals surface area contributed by atoms with Crippen LogP contribution in [0.1, 0.15) is 28.3 Å². The minimum atomic E-state index is -3.32. The SMILES string of the molecule is CCS(=O)(=O)N1C[C@@H]2CN(C(=O)c3cccs3)C[C@]2(c2nc(C)no2)C1. The number of aromatic nitrogens is 2. The van der Waals surface area contributed by atoms with Crippen LogP contribution < -0.4 is 0 Å². The zero-order chi connectivity index (χ0) is 18.5. The first kappa shape index (κ1) is 17.6. The second kappa shape index (κ2) is 6.14. The van der Waals surface area contributed by atoms with Gasteiger partial charge in [0.05, 0.1) is 16.0 Å². The Kier molecular flexibility index (Phi) is 4.16. The van der Waals surface area contributed by atoms with Crippen LogP contribution in [0.4, 0.5) is 0 Å². The molecule has 2 aliphatic heterocycles. The van der Waals surface area contributed by atoms with Gasteiger partial charge >= 0.3 is 0 Å². The Hall–Kier alpha value is -1.78. The minimum absolute atomic E-state index is 0.0325. The summed E-state index contributed by atoms with van der Waals surface area (Å²) in [6, 6.07) is 3.65. The monoisotopic (exact) mass is 396 g/mol. The number of thiophene rings is 1. The van der Waals surface area contributed by atoms with Crippen molar-refractivity contribution >= 4 is 27.3 Å². The van der Waals surface area contributed by atoms with E-state index in [1.165, 1.54) is 15.6 Å². The molecule has 140 valence electrons. The van der Waals surface area contributed by atoms with Crippen LogP contribution in [-0.2, 0) is 15.4 Å². The summed E-state index contributed by atoms with van der Waals surface area (Å²) in [5.74, 6) is 0.891. The molecule has 1 amide bonds. The predicted octanol–water partition coefficient (Wildman–Crippen LogP) is 1.11. The molecule has 4 rings (SSSR count). The highest BCUT2D eigenvalue weighted by Crippen LogP contribution is 2.45. The number of carbonyl (C=O) groups excluding carboxylic acids is 1. The summed E-state index contributed by atoms with van der Waals surface area (Å²) in [6.07, 6.45) is 0. The van der Waals surface area contributed by atoms with E-state index in [0.29, 0.717) is 36.2 Å². The maximum atomic E-state index is 12.8. The van der Waals surface area contributed by atoms with Gasteiger partial charge in [0.2, 0.25) is 15.9 Å². The molecule has 0 N–H and O–H groups in total. The van der Waals surface area contributed by atoms with Gasteiger partial charge < -0.3 is 9.42 Å². The lowest BCUT2D eigenvalue weighted by Gasteiger charge is -2.25. The molecule has 0 aliphatic carbocycles. The van der Waals surface area contributed by atoms with E-state index in [9.17, 15) is 13.2 Å². The van der Waals surface area contributed by atoms with Gasteiger partial charge in [0.15, 0.2) is 5.82 Å². The maximum Gasteiger partial charge on any atom is 0.263 e. The summed E-state index contributed by atoms with van der Waals surface area (Å²) >= 11 is 1.40. The third kappa shape index (κ3) is 2.67. The Balaban J connectivity index is 1.68. The smallest absolute Gasteiger partial charge is 0.263 e. The van der Waals surface area contributed by atoms with Crippen molar-refractivity contribution in [1.29, 1.82) is 0 Å². The minimum Gasteiger partial charge on any atom is -0.339 e. The van der Waals surface area contributed by atoms with Gasteiger partial charge in [-0.1, -0.05) is 11.2 Å². The normalized spacial score (nSPS) is 26.4. The first-order chi connectivity index (χ1) is 12.4. The molecule has 2 aromatic heterocycles. The van der Waals surface area contributed by atoms with E-state index in [2.05, 4.69) is 10.1 Å². The molecule has 2 saturated heterocycles. The van der Waals surface area contributed by atoms with Crippen LogP contribution in [-0.4, -0.2) is 65.6 Å². The van der Waals surface area contributed by atoms with Gasteiger partial charge in [0.25, 0.3) is 5.91 Å². The third-order valence-electron chi connectivity index (χ3n) is 5.31. The number of hydrogen-bond donors (Lipinski definition) is 0. The van der Waals surface area contributed by atoms with Crippen LogP contribution in [0, 0.1) is 12.8 Å². The van der Waals surface area contributed by atoms with E-state index < -0.39 is 15.4 Å². The molecule has 10 heteroatoms. The average Bonchev–Trinajstić information content (AvgIpc) is 3.36. The molecule has 0 saturated carbocycles. The van der Waals surface area contributed by atoms with Crippen molar-refractivity contribution < 1.29 is 17.7 Å². The van der Waals surface area contributed by atoms with E-state index >= 15 is 0 Å². The van der Waals surface area contributed by atoms with E-state index in [4.69, 9.17) is 4.52 Å². The van der Waals surface area contributed by atoms with Crippen LogP contribution in [0.15, 0.2) is 22.0 Å². The standard InChI is InChI=1S/C16H20N4O4S2/c1-3-26(22,23)20-8-12-7-19(14(21)13-5-4-6-25-13)9-16(12,10-20)15-17-11(2)18-24-15/h4-6,12H,3,7-10H2,1-2H3/t12-,16-/m0/s1. The zero-order valence-electron chi connectivity index (χ0n) is 14.6. The summed E-state index contributed by atoms with van der Waals surface area (Å²) in [6.45, 7) is 4.87. The second-order valence-electron chi connectivity index (χ2n) is 6.86. The van der Waals surface area contributed by atoms with Crippen molar-refractivity contribution in [3.8, 4) is 0 Å². The number of aryl methyl sites for hydroxylation is 1. The van der Waals surface area contributed by atoms with E-state index in [-0.39, 0.29) is 24.1 Å². The fourth-order valence-corrected chi connectivity index (χ4v) is 5.82. The summed E-state index contributed by atoms with van der Waals surface area (Å²) < 4.78 is 31.7. The van der Waals surface area contributed by atoms with Gasteiger partial charge in [0.1, 0.15) is 0 Å². The Morgan fingerprint density at radius 3 is 2.85 bits per heavy atom.